The highest BCUT2D eigenvalue weighted by Crippen LogP contribution is 2.43. The molecule has 0 aliphatic heterocycles. The summed E-state index contributed by atoms with van der Waals surface area (Å²) in [6.07, 6.45) is -1.14. The number of halogens is 3. The molecule has 6 heteroatoms. The summed E-state index contributed by atoms with van der Waals surface area (Å²) in [6.45, 7) is 3.71. The van der Waals surface area contributed by atoms with E-state index >= 15 is 0 Å². The van der Waals surface area contributed by atoms with E-state index in [0.29, 0.717) is 35.5 Å². The number of nitrogens with zero attached hydrogens (tertiary/aromatic N) is 1. The quantitative estimate of drug-likeness (QED) is 0.334. The van der Waals surface area contributed by atoms with E-state index in [1.54, 1.807) is 13.0 Å². The molecule has 3 aromatic carbocycles. The van der Waals surface area contributed by atoms with Crippen LogP contribution in [-0.2, 0) is 12.6 Å². The van der Waals surface area contributed by atoms with Crippen molar-refractivity contribution in [3.8, 4) is 16.8 Å². The largest absolute Gasteiger partial charge is 0.416 e. The summed E-state index contributed by atoms with van der Waals surface area (Å²) >= 11 is 0. The van der Waals surface area contributed by atoms with Crippen LogP contribution in [0.1, 0.15) is 34.4 Å². The Balaban J connectivity index is 1.96. The van der Waals surface area contributed by atoms with Gasteiger partial charge in [0.2, 0.25) is 0 Å². The normalized spacial score (nSPS) is 13.8. The molecule has 0 bridgehead atoms. The van der Waals surface area contributed by atoms with Crippen LogP contribution in [-0.4, -0.2) is 4.57 Å². The van der Waals surface area contributed by atoms with E-state index in [0.717, 1.165) is 38.9 Å². The number of nitrogen functional groups attached to an aromatic ring is 1. The van der Waals surface area contributed by atoms with Crippen LogP contribution in [0.5, 0.6) is 0 Å². The van der Waals surface area contributed by atoms with E-state index in [1.165, 1.54) is 12.1 Å². The van der Waals surface area contributed by atoms with Gasteiger partial charge >= 0.3 is 6.18 Å². The van der Waals surface area contributed by atoms with Gasteiger partial charge in [0.25, 0.3) is 0 Å². The Bertz CT molecular complexity index is 1440. The molecule has 0 radical (unpaired) electrons. The van der Waals surface area contributed by atoms with Crippen LogP contribution in [0.3, 0.4) is 0 Å². The summed E-state index contributed by atoms with van der Waals surface area (Å²) in [4.78, 5) is 0. The number of alkyl halides is 3. The van der Waals surface area contributed by atoms with Gasteiger partial charge in [0.1, 0.15) is 0 Å². The molecule has 33 heavy (non-hydrogen) atoms. The second-order valence-corrected chi connectivity index (χ2v) is 8.65. The van der Waals surface area contributed by atoms with Crippen LogP contribution >= 0.6 is 0 Å². The van der Waals surface area contributed by atoms with Crippen LogP contribution in [0, 0.1) is 13.8 Å². The zero-order chi connectivity index (χ0) is 23.5. The minimum Gasteiger partial charge on any atom is -0.398 e. The molecule has 0 saturated heterocycles. The van der Waals surface area contributed by atoms with Gasteiger partial charge in [-0.15, -0.1) is 0 Å². The molecule has 0 fully saturated rings. The fourth-order valence-corrected chi connectivity index (χ4v) is 4.99. The number of hydrogen-bond acceptors (Lipinski definition) is 2. The fraction of sp³-hybridized carbons (Fsp3) is 0.185. The smallest absolute Gasteiger partial charge is 0.398 e. The lowest BCUT2D eigenvalue weighted by Gasteiger charge is -2.22. The minimum absolute atomic E-state index is 0.486. The standard InChI is InChI=1S/C27H24F3N3/c1-15-6-3-7-17(12-15)24-16(2)13-18(27(28,29)30)14-23(24)33-21-10-4-8-19(31)25(21)26-20(32)9-5-11-22(26)33/h3-4,6-10,12-14H,5,11,31-32H2,1-2H3. The molecule has 1 aliphatic carbocycles. The van der Waals surface area contributed by atoms with Crippen molar-refractivity contribution in [2.45, 2.75) is 32.9 Å². The summed E-state index contributed by atoms with van der Waals surface area (Å²) in [5, 5.41) is 0.784. The van der Waals surface area contributed by atoms with Crippen molar-refractivity contribution < 1.29 is 13.2 Å². The molecule has 1 aromatic heterocycles. The number of aromatic nitrogens is 1. The Kier molecular flexibility index (Phi) is 4.78. The van der Waals surface area contributed by atoms with Crippen molar-refractivity contribution in [3.63, 3.8) is 0 Å². The fourth-order valence-electron chi connectivity index (χ4n) is 4.99. The Morgan fingerprint density at radius 3 is 2.39 bits per heavy atom. The second-order valence-electron chi connectivity index (χ2n) is 8.65. The van der Waals surface area contributed by atoms with E-state index in [4.69, 9.17) is 11.5 Å². The molecule has 0 saturated carbocycles. The van der Waals surface area contributed by atoms with Crippen molar-refractivity contribution in [1.82, 2.24) is 4.57 Å². The van der Waals surface area contributed by atoms with E-state index in [9.17, 15) is 13.2 Å². The first-order chi connectivity index (χ1) is 15.7. The lowest BCUT2D eigenvalue weighted by molar-refractivity contribution is -0.137. The van der Waals surface area contributed by atoms with Crippen molar-refractivity contribution in [1.29, 1.82) is 0 Å². The number of aryl methyl sites for hydroxylation is 2. The molecule has 168 valence electrons. The highest BCUT2D eigenvalue weighted by molar-refractivity contribution is 6.03. The number of nitrogens with two attached hydrogens (primary N) is 2. The summed E-state index contributed by atoms with van der Waals surface area (Å²) in [5.74, 6) is 0. The number of hydrogen-bond donors (Lipinski definition) is 2. The number of anilines is 1. The number of fused-ring (bicyclic) bond motifs is 3. The van der Waals surface area contributed by atoms with Gasteiger partial charge in [-0.2, -0.15) is 13.2 Å². The van der Waals surface area contributed by atoms with Gasteiger partial charge < -0.3 is 16.0 Å². The third-order valence-electron chi connectivity index (χ3n) is 6.35. The Morgan fingerprint density at radius 2 is 1.67 bits per heavy atom. The molecule has 0 amide bonds. The van der Waals surface area contributed by atoms with E-state index < -0.39 is 11.7 Å². The molecule has 0 atom stereocenters. The molecule has 1 heterocycles. The van der Waals surface area contributed by atoms with Crippen LogP contribution in [0.15, 0.2) is 60.7 Å². The summed E-state index contributed by atoms with van der Waals surface area (Å²) in [6, 6.07) is 15.8. The average Bonchev–Trinajstić information content (AvgIpc) is 3.09. The monoisotopic (exact) mass is 447 g/mol. The first-order valence-electron chi connectivity index (χ1n) is 10.8. The predicted octanol–water partition coefficient (Wildman–Crippen LogP) is 6.76. The van der Waals surface area contributed by atoms with E-state index in [2.05, 4.69) is 0 Å². The summed E-state index contributed by atoms with van der Waals surface area (Å²) < 4.78 is 43.7. The summed E-state index contributed by atoms with van der Waals surface area (Å²) in [5.41, 5.74) is 19.4. The average molecular weight is 448 g/mol. The Labute approximate surface area is 190 Å². The molecule has 1 aliphatic rings. The maximum absolute atomic E-state index is 13.9. The lowest BCUT2D eigenvalue weighted by Crippen LogP contribution is -2.12. The Morgan fingerprint density at radius 1 is 0.909 bits per heavy atom. The van der Waals surface area contributed by atoms with Gasteiger partial charge in [-0.25, -0.2) is 0 Å². The molecule has 4 aromatic rings. The zero-order valence-corrected chi connectivity index (χ0v) is 18.4. The van der Waals surface area contributed by atoms with Gasteiger partial charge in [-0.05, 0) is 62.1 Å². The predicted molar refractivity (Wildman–Crippen MR) is 128 cm³/mol. The third-order valence-corrected chi connectivity index (χ3v) is 6.35. The molecule has 4 N–H and O–H groups in total. The lowest BCUT2D eigenvalue weighted by atomic mass is 9.94. The van der Waals surface area contributed by atoms with Crippen LogP contribution < -0.4 is 11.5 Å². The Hall–Kier alpha value is -3.67. The van der Waals surface area contributed by atoms with Crippen LogP contribution in [0.4, 0.5) is 18.9 Å². The summed E-state index contributed by atoms with van der Waals surface area (Å²) in [7, 11) is 0. The van der Waals surface area contributed by atoms with Gasteiger partial charge in [-0.1, -0.05) is 42.0 Å². The molecular formula is C27H24F3N3. The maximum Gasteiger partial charge on any atom is 0.416 e. The van der Waals surface area contributed by atoms with Crippen LogP contribution in [0.25, 0.3) is 33.4 Å². The van der Waals surface area contributed by atoms with Crippen molar-refractivity contribution >= 4 is 22.3 Å². The van der Waals surface area contributed by atoms with Crippen molar-refractivity contribution in [3.05, 3.63) is 88.6 Å². The number of benzene rings is 3. The van der Waals surface area contributed by atoms with Gasteiger partial charge in [0.05, 0.1) is 16.8 Å². The zero-order valence-electron chi connectivity index (χ0n) is 18.4. The second kappa shape index (κ2) is 7.44. The topological polar surface area (TPSA) is 57.0 Å². The molecule has 0 spiro atoms. The van der Waals surface area contributed by atoms with Crippen molar-refractivity contribution in [2.75, 3.05) is 5.73 Å². The van der Waals surface area contributed by atoms with Gasteiger partial charge in [0, 0.05) is 33.6 Å². The molecule has 0 unspecified atom stereocenters. The van der Waals surface area contributed by atoms with Crippen LogP contribution in [0.2, 0.25) is 0 Å². The van der Waals surface area contributed by atoms with E-state index in [-0.39, 0.29) is 0 Å². The molecule has 3 nitrogen and oxygen atoms in total. The van der Waals surface area contributed by atoms with E-state index in [1.807, 2.05) is 54.0 Å². The first-order valence-corrected chi connectivity index (χ1v) is 10.8. The maximum atomic E-state index is 13.9. The SMILES string of the molecule is Cc1cccc(-c2c(C)cc(C(F)(F)F)cc2-n2c3c(c4c(N)cccc42)C(N)=CCC3)c1. The number of rotatable bonds is 2. The molecular weight excluding hydrogens is 423 g/mol. The van der Waals surface area contributed by atoms with Gasteiger partial charge in [-0.3, -0.25) is 0 Å². The molecule has 5 rings (SSSR count). The number of allylic oxidation sites excluding steroid dienone is 1. The van der Waals surface area contributed by atoms with Gasteiger partial charge in [0.15, 0.2) is 0 Å². The van der Waals surface area contributed by atoms with Crippen molar-refractivity contribution in [2.24, 2.45) is 5.73 Å². The third kappa shape index (κ3) is 3.37. The highest BCUT2D eigenvalue weighted by atomic mass is 19.4. The first kappa shape index (κ1) is 21.2. The highest BCUT2D eigenvalue weighted by Gasteiger charge is 2.33. The minimum atomic E-state index is -4.47.